The molecule has 8 aromatic rings. The molecule has 0 spiro atoms. The molecule has 1 nitrogen and oxygen atoms in total. The maximum Gasteiger partial charge on any atom is 0.0714 e. The number of anilines is 2. The molecule has 0 N–H and O–H groups in total. The van der Waals surface area contributed by atoms with E-state index in [1.165, 1.54) is 66.4 Å². The van der Waals surface area contributed by atoms with Gasteiger partial charge in [-0.1, -0.05) is 213 Å². The van der Waals surface area contributed by atoms with Crippen LogP contribution in [0.4, 0.5) is 11.4 Å². The van der Waals surface area contributed by atoms with Crippen LogP contribution in [0.2, 0.25) is 0 Å². The summed E-state index contributed by atoms with van der Waals surface area (Å²) in [7, 11) is 0. The summed E-state index contributed by atoms with van der Waals surface area (Å²) in [6.45, 7) is 4.51. The summed E-state index contributed by atoms with van der Waals surface area (Å²) in [6.07, 6.45) is 11.6. The van der Waals surface area contributed by atoms with Crippen LogP contribution in [-0.4, -0.2) is 0 Å². The number of benzene rings is 8. The molecule has 280 valence electrons. The second kappa shape index (κ2) is 15.5. The zero-order valence-corrected chi connectivity index (χ0v) is 32.9. The van der Waals surface area contributed by atoms with Crippen LogP contribution in [0.3, 0.4) is 0 Å². The van der Waals surface area contributed by atoms with Crippen LogP contribution in [0.1, 0.15) is 28.7 Å². The van der Waals surface area contributed by atoms with Gasteiger partial charge >= 0.3 is 0 Å². The van der Waals surface area contributed by atoms with Gasteiger partial charge in [-0.05, 0) is 103 Å². The first-order valence-corrected chi connectivity index (χ1v) is 20.4. The monoisotopic (exact) mass is 753 g/mol. The summed E-state index contributed by atoms with van der Waals surface area (Å²) in [4.78, 5) is 2.41. The maximum atomic E-state index is 4.51. The molecule has 59 heavy (non-hydrogen) atoms. The lowest BCUT2D eigenvalue weighted by molar-refractivity contribution is 0.768. The van der Waals surface area contributed by atoms with Gasteiger partial charge in [0.1, 0.15) is 0 Å². The van der Waals surface area contributed by atoms with E-state index in [0.29, 0.717) is 0 Å². The Bertz CT molecular complexity index is 2970. The highest BCUT2D eigenvalue weighted by molar-refractivity contribution is 5.92. The molecule has 8 aromatic carbocycles. The van der Waals surface area contributed by atoms with Gasteiger partial charge in [0, 0.05) is 16.6 Å². The van der Waals surface area contributed by atoms with Crippen LogP contribution in [-0.2, 0) is 5.41 Å². The number of rotatable bonds is 8. The summed E-state index contributed by atoms with van der Waals surface area (Å²) in [5.74, 6) is 0. The minimum Gasteiger partial charge on any atom is -0.310 e. The Balaban J connectivity index is 1.23. The third-order valence-electron chi connectivity index (χ3n) is 12.0. The molecule has 0 aromatic heterocycles. The van der Waals surface area contributed by atoms with Crippen LogP contribution in [0.5, 0.6) is 0 Å². The predicted octanol–water partition coefficient (Wildman–Crippen LogP) is 13.2. The fourth-order valence-corrected chi connectivity index (χ4v) is 9.41. The van der Waals surface area contributed by atoms with Crippen molar-refractivity contribution in [3.05, 3.63) is 276 Å². The molecular weight excluding hydrogens is 711 g/mol. The second-order valence-electron chi connectivity index (χ2n) is 15.2. The van der Waals surface area contributed by atoms with Gasteiger partial charge in [0.05, 0.1) is 11.1 Å². The number of nitrogens with zero attached hydrogens (tertiary/aromatic N) is 1. The van der Waals surface area contributed by atoms with E-state index in [4.69, 9.17) is 0 Å². The van der Waals surface area contributed by atoms with E-state index in [1.807, 2.05) is 6.08 Å². The lowest BCUT2D eigenvalue weighted by Crippen LogP contribution is -2.33. The molecule has 0 radical (unpaired) electrons. The highest BCUT2D eigenvalue weighted by Gasteiger charge is 2.46. The molecule has 2 aliphatic carbocycles. The second-order valence-corrected chi connectivity index (χ2v) is 15.2. The van der Waals surface area contributed by atoms with Crippen molar-refractivity contribution in [1.82, 2.24) is 0 Å². The molecule has 0 saturated carbocycles. The van der Waals surface area contributed by atoms with Gasteiger partial charge in [-0.25, -0.2) is 0 Å². The third kappa shape index (κ3) is 6.20. The normalized spacial score (nSPS) is 14.9. The van der Waals surface area contributed by atoms with Crippen molar-refractivity contribution in [3.8, 4) is 33.4 Å². The zero-order valence-electron chi connectivity index (χ0n) is 32.9. The van der Waals surface area contributed by atoms with E-state index in [1.54, 1.807) is 0 Å². The van der Waals surface area contributed by atoms with E-state index in [9.17, 15) is 0 Å². The average molecular weight is 754 g/mol. The maximum absolute atomic E-state index is 4.51. The van der Waals surface area contributed by atoms with Gasteiger partial charge in [-0.2, -0.15) is 0 Å². The van der Waals surface area contributed by atoms with Crippen LogP contribution in [0.15, 0.2) is 243 Å². The van der Waals surface area contributed by atoms with Gasteiger partial charge in [0.2, 0.25) is 0 Å². The molecule has 1 heteroatoms. The van der Waals surface area contributed by atoms with Crippen molar-refractivity contribution < 1.29 is 0 Å². The van der Waals surface area contributed by atoms with E-state index >= 15 is 0 Å². The van der Waals surface area contributed by atoms with Crippen molar-refractivity contribution in [2.75, 3.05) is 4.90 Å². The van der Waals surface area contributed by atoms with Crippen molar-refractivity contribution in [1.29, 1.82) is 0 Å². The van der Waals surface area contributed by atoms with E-state index in [0.717, 1.165) is 28.7 Å². The summed E-state index contributed by atoms with van der Waals surface area (Å²) in [5, 5.41) is 2.34. The highest BCUT2D eigenvalue weighted by Crippen LogP contribution is 2.57. The highest BCUT2D eigenvalue weighted by atomic mass is 15.1. The number of hydrogen-bond donors (Lipinski definition) is 0. The number of allylic oxidation sites excluding steroid dienone is 4. The Morgan fingerprint density at radius 1 is 0.475 bits per heavy atom. The van der Waals surface area contributed by atoms with E-state index < -0.39 is 5.41 Å². The topological polar surface area (TPSA) is 3.24 Å². The predicted molar refractivity (Wildman–Crippen MR) is 249 cm³/mol. The first-order chi connectivity index (χ1) is 29.3. The van der Waals surface area contributed by atoms with Gasteiger partial charge in [0.25, 0.3) is 0 Å². The van der Waals surface area contributed by atoms with Crippen molar-refractivity contribution in [2.24, 2.45) is 0 Å². The van der Waals surface area contributed by atoms with Gasteiger partial charge < -0.3 is 4.90 Å². The summed E-state index contributed by atoms with van der Waals surface area (Å²) in [6, 6.07) is 75.3. The lowest BCUT2D eigenvalue weighted by Gasteiger charge is -2.35. The Morgan fingerprint density at radius 3 is 1.66 bits per heavy atom. The first-order valence-electron chi connectivity index (χ1n) is 20.4. The molecule has 2 aliphatic rings. The molecule has 10 rings (SSSR count). The Hall–Kier alpha value is -7.48. The molecule has 0 amide bonds. The molecule has 0 saturated heterocycles. The lowest BCUT2D eigenvalue weighted by atomic mass is 9.67. The smallest absolute Gasteiger partial charge is 0.0714 e. The summed E-state index contributed by atoms with van der Waals surface area (Å²) < 4.78 is 0. The Labute approximate surface area is 347 Å². The van der Waals surface area contributed by atoms with Crippen LogP contribution < -0.4 is 15.3 Å². The molecule has 0 fully saturated rings. The summed E-state index contributed by atoms with van der Waals surface area (Å²) in [5.41, 5.74) is 16.3. The standard InChI is InChI=1S/C58H43N/c1-2-57(54-33-18-17-31-51(54)43-23-9-4-10-24-43)59(47-37-35-44(36-38-47)50-30-16-15-29-49(50)42-21-7-3-8-22-42)48-39-40-53-52-32-19-20-34-55(52)58(56(53)41-48,45-25-11-5-12-26-45)46-27-13-6-14-28-46/h2-23,25-41H,1,24H2/b51-43-,57-54+. The number of hydrogen-bond acceptors (Lipinski definition) is 1. The van der Waals surface area contributed by atoms with Crippen LogP contribution >= 0.6 is 0 Å². The zero-order chi connectivity index (χ0) is 39.6. The van der Waals surface area contributed by atoms with Gasteiger partial charge in [0.15, 0.2) is 0 Å². The largest absolute Gasteiger partial charge is 0.310 e. The molecule has 0 aliphatic heterocycles. The minimum absolute atomic E-state index is 0.525. The molecule has 0 atom stereocenters. The third-order valence-corrected chi connectivity index (χ3v) is 12.0. The molecule has 0 unspecified atom stereocenters. The van der Waals surface area contributed by atoms with Crippen molar-refractivity contribution >= 4 is 22.6 Å². The van der Waals surface area contributed by atoms with Crippen LogP contribution in [0, 0.1) is 0 Å². The van der Waals surface area contributed by atoms with Gasteiger partial charge in [-0.15, -0.1) is 0 Å². The summed E-state index contributed by atoms with van der Waals surface area (Å²) >= 11 is 0. The number of fused-ring (bicyclic) bond motifs is 3. The molecule has 0 heterocycles. The first kappa shape index (κ1) is 35.9. The van der Waals surface area contributed by atoms with Crippen LogP contribution in [0.25, 0.3) is 44.7 Å². The SMILES string of the molecule is C=C/C(=c1/cccc/c1=C1\C=CC=CC1)N(c1ccc(-c2ccccc2-c2ccccc2)cc1)c1ccc2c(c1)C(c1ccccc1)(c1ccccc1)c1ccccc1-2. The fraction of sp³-hybridized carbons (Fsp3) is 0.0345. The Morgan fingerprint density at radius 2 is 1.02 bits per heavy atom. The molecule has 0 bridgehead atoms. The van der Waals surface area contributed by atoms with E-state index in [-0.39, 0.29) is 0 Å². The van der Waals surface area contributed by atoms with Crippen molar-refractivity contribution in [2.45, 2.75) is 11.8 Å². The Kier molecular flexibility index (Phi) is 9.41. The minimum atomic E-state index is -0.525. The quantitative estimate of drug-likeness (QED) is 0.149. The fourth-order valence-electron chi connectivity index (χ4n) is 9.41. The van der Waals surface area contributed by atoms with Gasteiger partial charge in [-0.3, -0.25) is 0 Å². The van der Waals surface area contributed by atoms with E-state index in [2.05, 4.69) is 242 Å². The molecular formula is C58H43N. The van der Waals surface area contributed by atoms with Crippen molar-refractivity contribution in [3.63, 3.8) is 0 Å². The average Bonchev–Trinajstić information content (AvgIpc) is 3.62.